The van der Waals surface area contributed by atoms with Gasteiger partial charge in [0.15, 0.2) is 0 Å². The lowest BCUT2D eigenvalue weighted by Gasteiger charge is -2.16. The highest BCUT2D eigenvalue weighted by Crippen LogP contribution is 2.15. The second-order valence-corrected chi connectivity index (χ2v) is 5.55. The van der Waals surface area contributed by atoms with Crippen LogP contribution in [0.25, 0.3) is 0 Å². The molecule has 1 aromatic rings. The molecule has 0 radical (unpaired) electrons. The molecule has 0 aromatic heterocycles. The Hall–Kier alpha value is -0.410. The van der Waals surface area contributed by atoms with Crippen molar-refractivity contribution >= 4 is 15.9 Å². The minimum atomic E-state index is -0.192. The predicted octanol–water partition coefficient (Wildman–Crippen LogP) is 3.97. The van der Waals surface area contributed by atoms with Crippen LogP contribution in [0.2, 0.25) is 0 Å². The lowest BCUT2D eigenvalue weighted by atomic mass is 9.98. The molecule has 0 saturated heterocycles. The third kappa shape index (κ3) is 4.62. The van der Waals surface area contributed by atoms with Crippen molar-refractivity contribution in [3.63, 3.8) is 0 Å². The van der Waals surface area contributed by atoms with Gasteiger partial charge in [0.05, 0.1) is 0 Å². The Balaban J connectivity index is 2.43. The third-order valence-electron chi connectivity index (χ3n) is 2.86. The van der Waals surface area contributed by atoms with Crippen molar-refractivity contribution in [2.24, 2.45) is 11.8 Å². The normalized spacial score (nSPS) is 13.1. The van der Waals surface area contributed by atoms with Crippen molar-refractivity contribution in [2.45, 2.75) is 27.3 Å². The van der Waals surface area contributed by atoms with Crippen LogP contribution < -0.4 is 5.32 Å². The second kappa shape index (κ2) is 6.36. The minimum Gasteiger partial charge on any atom is -0.312 e. The number of nitrogens with one attached hydrogen (secondary N) is 1. The van der Waals surface area contributed by atoms with Crippen LogP contribution in [0.1, 0.15) is 26.3 Å². The third-order valence-corrected chi connectivity index (χ3v) is 3.31. The zero-order valence-corrected chi connectivity index (χ0v) is 11.6. The maximum Gasteiger partial charge on any atom is 0.124 e. The fourth-order valence-corrected chi connectivity index (χ4v) is 1.91. The molecule has 16 heavy (non-hydrogen) atoms. The molecule has 0 heterocycles. The molecule has 90 valence electrons. The molecule has 1 unspecified atom stereocenters. The summed E-state index contributed by atoms with van der Waals surface area (Å²) >= 11 is 3.29. The first-order chi connectivity index (χ1) is 7.49. The molecular weight excluding hydrogens is 269 g/mol. The molecule has 0 aliphatic rings. The molecule has 0 aliphatic heterocycles. The van der Waals surface area contributed by atoms with Crippen molar-refractivity contribution in [2.75, 3.05) is 6.54 Å². The quantitative estimate of drug-likeness (QED) is 0.864. The molecule has 0 saturated carbocycles. The molecule has 3 heteroatoms. The molecule has 1 aromatic carbocycles. The van der Waals surface area contributed by atoms with E-state index in [9.17, 15) is 4.39 Å². The highest BCUT2D eigenvalue weighted by atomic mass is 79.9. The van der Waals surface area contributed by atoms with Crippen molar-refractivity contribution < 1.29 is 4.39 Å². The van der Waals surface area contributed by atoms with Crippen molar-refractivity contribution in [1.82, 2.24) is 5.32 Å². The van der Waals surface area contributed by atoms with E-state index in [4.69, 9.17) is 0 Å². The molecule has 0 aliphatic carbocycles. The molecule has 0 fully saturated rings. The average Bonchev–Trinajstić information content (AvgIpc) is 2.15. The van der Waals surface area contributed by atoms with Crippen molar-refractivity contribution in [1.29, 1.82) is 0 Å². The summed E-state index contributed by atoms with van der Waals surface area (Å²) in [5.74, 6) is 1.12. The number of halogens is 2. The molecule has 0 amide bonds. The highest BCUT2D eigenvalue weighted by molar-refractivity contribution is 9.10. The van der Waals surface area contributed by atoms with Gasteiger partial charge in [-0.15, -0.1) is 0 Å². The van der Waals surface area contributed by atoms with Crippen LogP contribution in [-0.4, -0.2) is 6.54 Å². The van der Waals surface area contributed by atoms with E-state index in [1.165, 1.54) is 6.07 Å². The minimum absolute atomic E-state index is 0.192. The molecule has 0 spiro atoms. The monoisotopic (exact) mass is 287 g/mol. The van der Waals surface area contributed by atoms with E-state index in [2.05, 4.69) is 42.0 Å². The van der Waals surface area contributed by atoms with Gasteiger partial charge >= 0.3 is 0 Å². The maximum absolute atomic E-state index is 13.1. The molecular formula is C13H19BrFN. The Bertz CT molecular complexity index is 318. The molecule has 1 atom stereocenters. The van der Waals surface area contributed by atoms with E-state index in [0.29, 0.717) is 18.4 Å². The highest BCUT2D eigenvalue weighted by Gasteiger charge is 2.06. The summed E-state index contributed by atoms with van der Waals surface area (Å²) in [6.45, 7) is 8.33. The topological polar surface area (TPSA) is 12.0 Å². The Morgan fingerprint density at radius 2 is 1.94 bits per heavy atom. The van der Waals surface area contributed by atoms with E-state index in [1.807, 2.05) is 6.07 Å². The van der Waals surface area contributed by atoms with Gasteiger partial charge in [0.2, 0.25) is 0 Å². The zero-order valence-electron chi connectivity index (χ0n) is 10.1. The average molecular weight is 288 g/mol. The van der Waals surface area contributed by atoms with Crippen LogP contribution >= 0.6 is 15.9 Å². The lowest BCUT2D eigenvalue weighted by Crippen LogP contribution is -2.23. The summed E-state index contributed by atoms with van der Waals surface area (Å²) in [5.41, 5.74) is 0.975. The van der Waals surface area contributed by atoms with Gasteiger partial charge in [-0.25, -0.2) is 4.39 Å². The van der Waals surface area contributed by atoms with Crippen LogP contribution in [0.3, 0.4) is 0 Å². The maximum atomic E-state index is 13.1. The van der Waals surface area contributed by atoms with Gasteiger partial charge in [0.25, 0.3) is 0 Å². The van der Waals surface area contributed by atoms with E-state index < -0.39 is 0 Å². The van der Waals surface area contributed by atoms with E-state index in [-0.39, 0.29) is 5.82 Å². The standard InChI is InChI=1S/C13H19BrFN/c1-9(2)10(3)7-16-8-11-4-12(14)6-13(15)5-11/h4-6,9-10,16H,7-8H2,1-3H3. The van der Waals surface area contributed by atoms with Crippen LogP contribution in [0, 0.1) is 17.7 Å². The Kier molecular flexibility index (Phi) is 5.42. The Morgan fingerprint density at radius 1 is 1.25 bits per heavy atom. The zero-order chi connectivity index (χ0) is 12.1. The van der Waals surface area contributed by atoms with Crippen LogP contribution in [0.15, 0.2) is 22.7 Å². The Morgan fingerprint density at radius 3 is 2.50 bits per heavy atom. The first-order valence-corrected chi connectivity index (χ1v) is 6.44. The first kappa shape index (κ1) is 13.7. The Labute approximate surface area is 106 Å². The second-order valence-electron chi connectivity index (χ2n) is 4.63. The first-order valence-electron chi connectivity index (χ1n) is 5.64. The van der Waals surface area contributed by atoms with Crippen molar-refractivity contribution in [3.05, 3.63) is 34.1 Å². The fourth-order valence-electron chi connectivity index (χ4n) is 1.39. The van der Waals surface area contributed by atoms with E-state index in [0.717, 1.165) is 16.6 Å². The summed E-state index contributed by atoms with van der Waals surface area (Å²) < 4.78 is 13.9. The summed E-state index contributed by atoms with van der Waals surface area (Å²) in [6, 6.07) is 4.98. The van der Waals surface area contributed by atoms with E-state index in [1.54, 1.807) is 6.07 Å². The molecule has 1 nitrogen and oxygen atoms in total. The number of rotatable bonds is 5. The van der Waals surface area contributed by atoms with Gasteiger partial charge in [-0.2, -0.15) is 0 Å². The SMILES string of the molecule is CC(C)C(C)CNCc1cc(F)cc(Br)c1. The van der Waals surface area contributed by atoms with Crippen LogP contribution in [0.5, 0.6) is 0 Å². The van der Waals surface area contributed by atoms with Crippen LogP contribution in [-0.2, 0) is 6.54 Å². The smallest absolute Gasteiger partial charge is 0.124 e. The largest absolute Gasteiger partial charge is 0.312 e. The van der Waals surface area contributed by atoms with Gasteiger partial charge in [-0.05, 0) is 42.1 Å². The summed E-state index contributed by atoms with van der Waals surface area (Å²) in [5, 5.41) is 3.35. The molecule has 1 N–H and O–H groups in total. The van der Waals surface area contributed by atoms with Crippen molar-refractivity contribution in [3.8, 4) is 0 Å². The van der Waals surface area contributed by atoms with Gasteiger partial charge in [-0.1, -0.05) is 36.7 Å². The predicted molar refractivity (Wildman–Crippen MR) is 69.8 cm³/mol. The molecule has 1 rings (SSSR count). The fraction of sp³-hybridized carbons (Fsp3) is 0.538. The van der Waals surface area contributed by atoms with Gasteiger partial charge in [0, 0.05) is 11.0 Å². The number of hydrogen-bond donors (Lipinski definition) is 1. The van der Waals surface area contributed by atoms with Gasteiger partial charge in [-0.3, -0.25) is 0 Å². The summed E-state index contributed by atoms with van der Waals surface area (Å²) in [7, 11) is 0. The summed E-state index contributed by atoms with van der Waals surface area (Å²) in [6.07, 6.45) is 0. The molecule has 0 bridgehead atoms. The number of benzene rings is 1. The van der Waals surface area contributed by atoms with Gasteiger partial charge < -0.3 is 5.32 Å². The van der Waals surface area contributed by atoms with Gasteiger partial charge in [0.1, 0.15) is 5.82 Å². The summed E-state index contributed by atoms with van der Waals surface area (Å²) in [4.78, 5) is 0. The van der Waals surface area contributed by atoms with E-state index >= 15 is 0 Å². The van der Waals surface area contributed by atoms with Crippen LogP contribution in [0.4, 0.5) is 4.39 Å². The lowest BCUT2D eigenvalue weighted by molar-refractivity contribution is 0.392. The number of hydrogen-bond acceptors (Lipinski definition) is 1.